The number of nitrogens with one attached hydrogen (secondary N) is 2. The molecule has 6 heteroatoms. The predicted octanol–water partition coefficient (Wildman–Crippen LogP) is 3.23. The van der Waals surface area contributed by atoms with Crippen LogP contribution in [0.4, 0.5) is 10.5 Å². The second kappa shape index (κ2) is 8.72. The summed E-state index contributed by atoms with van der Waals surface area (Å²) < 4.78 is 0. The molecule has 0 aromatic heterocycles. The molecule has 0 aliphatic carbocycles. The van der Waals surface area contributed by atoms with E-state index in [-0.39, 0.29) is 17.9 Å². The van der Waals surface area contributed by atoms with Gasteiger partial charge in [0.1, 0.15) is 0 Å². The molecule has 0 spiro atoms. The maximum atomic E-state index is 12.2. The van der Waals surface area contributed by atoms with Gasteiger partial charge in [-0.15, -0.1) is 0 Å². The second-order valence-corrected chi connectivity index (χ2v) is 6.86. The topological polar surface area (TPSA) is 61.4 Å². The number of anilines is 1. The molecule has 3 amide bonds. The molecule has 3 rings (SSSR count). The van der Waals surface area contributed by atoms with E-state index < -0.39 is 0 Å². The van der Waals surface area contributed by atoms with Crippen molar-refractivity contribution in [3.8, 4) is 0 Å². The number of halogens is 1. The number of hydrogen-bond donors (Lipinski definition) is 2. The number of benzene rings is 2. The number of nitrogens with zero attached hydrogens (tertiary/aromatic N) is 1. The van der Waals surface area contributed by atoms with E-state index in [1.165, 1.54) is 5.56 Å². The molecule has 2 N–H and O–H groups in total. The Bertz CT molecular complexity index is 749. The van der Waals surface area contributed by atoms with E-state index in [2.05, 4.69) is 10.6 Å². The third-order valence-corrected chi connectivity index (χ3v) is 4.69. The van der Waals surface area contributed by atoms with Gasteiger partial charge in [-0.2, -0.15) is 0 Å². The van der Waals surface area contributed by atoms with E-state index in [0.29, 0.717) is 31.1 Å². The average molecular weight is 372 g/mol. The van der Waals surface area contributed by atoms with Crippen LogP contribution < -0.4 is 15.5 Å². The van der Waals surface area contributed by atoms with E-state index in [1.54, 1.807) is 17.0 Å². The molecule has 1 unspecified atom stereocenters. The summed E-state index contributed by atoms with van der Waals surface area (Å²) in [7, 11) is 0. The van der Waals surface area contributed by atoms with Gasteiger partial charge >= 0.3 is 6.03 Å². The first-order valence-corrected chi connectivity index (χ1v) is 9.11. The lowest BCUT2D eigenvalue weighted by molar-refractivity contribution is -0.117. The van der Waals surface area contributed by atoms with Crippen molar-refractivity contribution in [2.24, 2.45) is 5.92 Å². The van der Waals surface area contributed by atoms with Crippen molar-refractivity contribution in [2.45, 2.75) is 12.8 Å². The Balaban J connectivity index is 1.40. The summed E-state index contributed by atoms with van der Waals surface area (Å²) >= 11 is 5.89. The Morgan fingerprint density at radius 2 is 1.81 bits per heavy atom. The molecule has 1 aliphatic rings. The Kier molecular flexibility index (Phi) is 6.12. The summed E-state index contributed by atoms with van der Waals surface area (Å²) in [6.07, 6.45) is 1.23. The molecule has 0 radical (unpaired) electrons. The first-order chi connectivity index (χ1) is 12.6. The molecule has 1 saturated heterocycles. The molecule has 1 atom stereocenters. The Labute approximate surface area is 158 Å². The zero-order chi connectivity index (χ0) is 18.4. The van der Waals surface area contributed by atoms with Crippen molar-refractivity contribution >= 4 is 29.2 Å². The van der Waals surface area contributed by atoms with Gasteiger partial charge in [0, 0.05) is 42.7 Å². The van der Waals surface area contributed by atoms with Crippen LogP contribution in [0.2, 0.25) is 5.02 Å². The molecule has 1 aliphatic heterocycles. The zero-order valence-electron chi connectivity index (χ0n) is 14.5. The van der Waals surface area contributed by atoms with Crippen molar-refractivity contribution in [3.05, 3.63) is 65.2 Å². The fourth-order valence-electron chi connectivity index (χ4n) is 3.05. The third kappa shape index (κ3) is 4.99. The van der Waals surface area contributed by atoms with Crippen LogP contribution in [0.25, 0.3) is 0 Å². The van der Waals surface area contributed by atoms with Crippen molar-refractivity contribution in [1.29, 1.82) is 0 Å². The van der Waals surface area contributed by atoms with Crippen molar-refractivity contribution < 1.29 is 9.59 Å². The number of carbonyl (C=O) groups is 2. The van der Waals surface area contributed by atoms with Gasteiger partial charge in [0.25, 0.3) is 0 Å². The Hall–Kier alpha value is -2.53. The highest BCUT2D eigenvalue weighted by Gasteiger charge is 2.30. The minimum absolute atomic E-state index is 0.0728. The molecule has 5 nitrogen and oxygen atoms in total. The molecule has 0 bridgehead atoms. The van der Waals surface area contributed by atoms with Gasteiger partial charge in [0.15, 0.2) is 0 Å². The van der Waals surface area contributed by atoms with E-state index in [1.807, 2.05) is 42.5 Å². The predicted molar refractivity (Wildman–Crippen MR) is 103 cm³/mol. The first kappa shape index (κ1) is 18.3. The van der Waals surface area contributed by atoms with Gasteiger partial charge in [-0.1, -0.05) is 41.9 Å². The number of rotatable bonds is 6. The molecule has 1 fully saturated rings. The maximum absolute atomic E-state index is 12.2. The van der Waals surface area contributed by atoms with E-state index in [4.69, 9.17) is 11.6 Å². The van der Waals surface area contributed by atoms with Crippen molar-refractivity contribution in [2.75, 3.05) is 24.5 Å². The van der Waals surface area contributed by atoms with Gasteiger partial charge in [-0.3, -0.25) is 4.79 Å². The number of hydrogen-bond acceptors (Lipinski definition) is 2. The second-order valence-electron chi connectivity index (χ2n) is 6.42. The van der Waals surface area contributed by atoms with Crippen LogP contribution in [0.1, 0.15) is 12.0 Å². The smallest absolute Gasteiger partial charge is 0.314 e. The fraction of sp³-hybridized carbons (Fsp3) is 0.300. The number of urea groups is 1. The van der Waals surface area contributed by atoms with Crippen LogP contribution in [0.15, 0.2) is 54.6 Å². The molecule has 0 saturated carbocycles. The standard InChI is InChI=1S/C20H22ClN3O2/c21-17-6-8-18(9-7-17)24-14-16(12-19(24)25)13-23-20(26)22-11-10-15-4-2-1-3-5-15/h1-9,16H,10-14H2,(H2,22,23,26). The monoisotopic (exact) mass is 371 g/mol. The maximum Gasteiger partial charge on any atom is 0.314 e. The Morgan fingerprint density at radius 1 is 1.08 bits per heavy atom. The largest absolute Gasteiger partial charge is 0.338 e. The van der Waals surface area contributed by atoms with Crippen molar-refractivity contribution in [1.82, 2.24) is 10.6 Å². The summed E-state index contributed by atoms with van der Waals surface area (Å²) in [6.45, 7) is 1.66. The van der Waals surface area contributed by atoms with E-state index in [9.17, 15) is 9.59 Å². The summed E-state index contributed by atoms with van der Waals surface area (Å²) in [5, 5.41) is 6.36. The highest BCUT2D eigenvalue weighted by atomic mass is 35.5. The fourth-order valence-corrected chi connectivity index (χ4v) is 3.18. The molecule has 26 heavy (non-hydrogen) atoms. The van der Waals surface area contributed by atoms with Crippen LogP contribution in [-0.2, 0) is 11.2 Å². The van der Waals surface area contributed by atoms with Gasteiger partial charge in [-0.05, 0) is 36.2 Å². The highest BCUT2D eigenvalue weighted by Crippen LogP contribution is 2.25. The normalized spacial score (nSPS) is 16.6. The van der Waals surface area contributed by atoms with Crippen LogP contribution in [0, 0.1) is 5.92 Å². The third-order valence-electron chi connectivity index (χ3n) is 4.44. The van der Waals surface area contributed by atoms with Crippen LogP contribution in [0.5, 0.6) is 0 Å². The van der Waals surface area contributed by atoms with Crippen LogP contribution >= 0.6 is 11.6 Å². The Morgan fingerprint density at radius 3 is 2.54 bits per heavy atom. The number of amides is 3. The average Bonchev–Trinajstić information content (AvgIpc) is 3.02. The molecular weight excluding hydrogens is 350 g/mol. The van der Waals surface area contributed by atoms with Gasteiger partial charge in [0.05, 0.1) is 0 Å². The molecular formula is C20H22ClN3O2. The molecule has 2 aromatic carbocycles. The lowest BCUT2D eigenvalue weighted by Crippen LogP contribution is -2.39. The first-order valence-electron chi connectivity index (χ1n) is 8.73. The zero-order valence-corrected chi connectivity index (χ0v) is 15.2. The summed E-state index contributed by atoms with van der Waals surface area (Å²) in [4.78, 5) is 25.9. The quantitative estimate of drug-likeness (QED) is 0.818. The van der Waals surface area contributed by atoms with Gasteiger partial charge < -0.3 is 15.5 Å². The molecule has 2 aromatic rings. The molecule has 136 valence electrons. The lowest BCUT2D eigenvalue weighted by Gasteiger charge is -2.17. The SMILES string of the molecule is O=C(NCCc1ccccc1)NCC1CC(=O)N(c2ccc(Cl)cc2)C1. The highest BCUT2D eigenvalue weighted by molar-refractivity contribution is 6.30. The van der Waals surface area contributed by atoms with Crippen molar-refractivity contribution in [3.63, 3.8) is 0 Å². The van der Waals surface area contributed by atoms with E-state index >= 15 is 0 Å². The van der Waals surface area contributed by atoms with Gasteiger partial charge in [0.2, 0.25) is 5.91 Å². The summed E-state index contributed by atoms with van der Waals surface area (Å²) in [5.41, 5.74) is 2.03. The molecule has 1 heterocycles. The van der Waals surface area contributed by atoms with Crippen LogP contribution in [-0.4, -0.2) is 31.6 Å². The lowest BCUT2D eigenvalue weighted by atomic mass is 10.1. The van der Waals surface area contributed by atoms with E-state index in [0.717, 1.165) is 12.1 Å². The van der Waals surface area contributed by atoms with Crippen LogP contribution in [0.3, 0.4) is 0 Å². The summed E-state index contributed by atoms with van der Waals surface area (Å²) in [5.74, 6) is 0.182. The number of carbonyl (C=O) groups excluding carboxylic acids is 2. The minimum atomic E-state index is -0.196. The van der Waals surface area contributed by atoms with Gasteiger partial charge in [-0.25, -0.2) is 4.79 Å². The summed E-state index contributed by atoms with van der Waals surface area (Å²) in [6, 6.07) is 17.0. The minimum Gasteiger partial charge on any atom is -0.338 e.